The van der Waals surface area contributed by atoms with Crippen LogP contribution in [0, 0.1) is 0 Å². The molecule has 0 N–H and O–H groups in total. The summed E-state index contributed by atoms with van der Waals surface area (Å²) in [6.07, 6.45) is 84.1. The second kappa shape index (κ2) is 69.6. The van der Waals surface area contributed by atoms with Crippen LogP contribution in [0.25, 0.3) is 0 Å². The van der Waals surface area contributed by atoms with Crippen molar-refractivity contribution in [3.63, 3.8) is 0 Å². The molecule has 0 heterocycles. The maximum atomic E-state index is 12.9. The van der Waals surface area contributed by atoms with Gasteiger partial charge in [0, 0.05) is 19.3 Å². The Hall–Kier alpha value is -1.85. The van der Waals surface area contributed by atoms with E-state index in [1.807, 2.05) is 0 Å². The van der Waals surface area contributed by atoms with Gasteiger partial charge >= 0.3 is 17.9 Å². The summed E-state index contributed by atoms with van der Waals surface area (Å²) >= 11 is 0. The highest BCUT2D eigenvalue weighted by Crippen LogP contribution is 2.20. The van der Waals surface area contributed by atoms with E-state index in [1.54, 1.807) is 0 Å². The van der Waals surface area contributed by atoms with E-state index in [1.165, 1.54) is 321 Å². The van der Waals surface area contributed by atoms with Crippen LogP contribution in [0.2, 0.25) is 0 Å². The topological polar surface area (TPSA) is 78.9 Å². The zero-order valence-corrected chi connectivity index (χ0v) is 54.6. The van der Waals surface area contributed by atoms with Crippen LogP contribution in [0.4, 0.5) is 0 Å². The molecule has 0 fully saturated rings. The summed E-state index contributed by atoms with van der Waals surface area (Å²) in [5.74, 6) is -0.841. The van der Waals surface area contributed by atoms with Crippen molar-refractivity contribution in [2.75, 3.05) is 13.2 Å². The van der Waals surface area contributed by atoms with Gasteiger partial charge in [-0.3, -0.25) is 14.4 Å². The van der Waals surface area contributed by atoms with Crippen molar-refractivity contribution in [3.05, 3.63) is 12.2 Å². The number of rotatable bonds is 69. The summed E-state index contributed by atoms with van der Waals surface area (Å²) in [6, 6.07) is 0. The first-order chi connectivity index (χ1) is 39.5. The monoisotopic (exact) mass is 1130 g/mol. The number of ether oxygens (including phenoxy) is 3. The van der Waals surface area contributed by atoms with Crippen LogP contribution in [0.5, 0.6) is 0 Å². The Morgan fingerprint density at radius 2 is 0.412 bits per heavy atom. The lowest BCUT2D eigenvalue weighted by atomic mass is 10.0. The summed E-state index contributed by atoms with van der Waals surface area (Å²) in [6.45, 7) is 6.70. The van der Waals surface area contributed by atoms with Gasteiger partial charge < -0.3 is 14.2 Å². The van der Waals surface area contributed by atoms with E-state index in [4.69, 9.17) is 14.2 Å². The number of carbonyl (C=O) groups excluding carboxylic acids is 3. The third-order valence-corrected chi connectivity index (χ3v) is 17.0. The van der Waals surface area contributed by atoms with Crippen molar-refractivity contribution >= 4 is 17.9 Å². The molecular formula is C74H142O6. The summed E-state index contributed by atoms with van der Waals surface area (Å²) in [7, 11) is 0. The number of carbonyl (C=O) groups is 3. The van der Waals surface area contributed by atoms with Crippen LogP contribution in [0.15, 0.2) is 12.2 Å². The quantitative estimate of drug-likeness (QED) is 0.0261. The van der Waals surface area contributed by atoms with E-state index in [2.05, 4.69) is 32.9 Å². The molecule has 0 radical (unpaired) electrons. The van der Waals surface area contributed by atoms with Crippen LogP contribution >= 0.6 is 0 Å². The molecule has 0 saturated heterocycles. The van der Waals surface area contributed by atoms with E-state index >= 15 is 0 Å². The van der Waals surface area contributed by atoms with E-state index in [0.717, 1.165) is 64.2 Å². The van der Waals surface area contributed by atoms with Gasteiger partial charge in [-0.1, -0.05) is 373 Å². The molecule has 0 aromatic rings. The molecule has 0 aliphatic heterocycles. The summed E-state index contributed by atoms with van der Waals surface area (Å²) in [4.78, 5) is 38.4. The van der Waals surface area contributed by atoms with Gasteiger partial charge in [-0.2, -0.15) is 0 Å². The minimum Gasteiger partial charge on any atom is -0.462 e. The van der Waals surface area contributed by atoms with Gasteiger partial charge in [-0.25, -0.2) is 0 Å². The normalized spacial score (nSPS) is 12.0. The lowest BCUT2D eigenvalue weighted by Gasteiger charge is -2.18. The highest BCUT2D eigenvalue weighted by Gasteiger charge is 2.20. The first-order valence-electron chi connectivity index (χ1n) is 36.7. The van der Waals surface area contributed by atoms with Gasteiger partial charge in [0.2, 0.25) is 0 Å². The Kier molecular flexibility index (Phi) is 68.0. The predicted octanol–water partition coefficient (Wildman–Crippen LogP) is 25.2. The van der Waals surface area contributed by atoms with Gasteiger partial charge in [-0.15, -0.1) is 0 Å². The molecule has 0 aliphatic carbocycles. The molecule has 6 heteroatoms. The second-order valence-electron chi connectivity index (χ2n) is 25.2. The van der Waals surface area contributed by atoms with E-state index in [9.17, 15) is 14.4 Å². The number of allylic oxidation sites excluding steroid dienone is 2. The smallest absolute Gasteiger partial charge is 0.306 e. The van der Waals surface area contributed by atoms with Crippen molar-refractivity contribution in [2.24, 2.45) is 0 Å². The van der Waals surface area contributed by atoms with Gasteiger partial charge in [0.1, 0.15) is 13.2 Å². The Bertz CT molecular complexity index is 1250. The summed E-state index contributed by atoms with van der Waals surface area (Å²) < 4.78 is 17.0. The molecule has 474 valence electrons. The fraction of sp³-hybridized carbons (Fsp3) is 0.932. The zero-order valence-electron chi connectivity index (χ0n) is 54.6. The Morgan fingerprint density at radius 3 is 0.650 bits per heavy atom. The fourth-order valence-corrected chi connectivity index (χ4v) is 11.5. The molecule has 0 aromatic carbocycles. The first-order valence-corrected chi connectivity index (χ1v) is 36.7. The van der Waals surface area contributed by atoms with Gasteiger partial charge in [0.25, 0.3) is 0 Å². The predicted molar refractivity (Wildman–Crippen MR) is 349 cm³/mol. The molecule has 1 atom stereocenters. The summed E-state index contributed by atoms with van der Waals surface area (Å²) in [5.41, 5.74) is 0. The number of hydrogen-bond donors (Lipinski definition) is 0. The van der Waals surface area contributed by atoms with Crippen LogP contribution in [-0.2, 0) is 28.6 Å². The molecule has 6 nitrogen and oxygen atoms in total. The SMILES string of the molecule is CCCCC/C=C\CCCCCCCC(=O)OCC(COC(=O)CCCCCCCCCCCCCCCCCCCCCCCCCCCCCCCCCC)OC(=O)CCCCCCCCCCCCCCCCCCCC. The third kappa shape index (κ3) is 66.9. The molecule has 0 aromatic heterocycles. The molecule has 1 unspecified atom stereocenters. The van der Waals surface area contributed by atoms with Gasteiger partial charge in [-0.05, 0) is 44.9 Å². The fourth-order valence-electron chi connectivity index (χ4n) is 11.5. The lowest BCUT2D eigenvalue weighted by Crippen LogP contribution is -2.30. The van der Waals surface area contributed by atoms with Crippen LogP contribution in [-0.4, -0.2) is 37.2 Å². The number of esters is 3. The van der Waals surface area contributed by atoms with Crippen molar-refractivity contribution in [3.8, 4) is 0 Å². The van der Waals surface area contributed by atoms with Crippen molar-refractivity contribution < 1.29 is 28.6 Å². The van der Waals surface area contributed by atoms with Gasteiger partial charge in [0.05, 0.1) is 0 Å². The zero-order chi connectivity index (χ0) is 57.8. The van der Waals surface area contributed by atoms with E-state index < -0.39 is 6.10 Å². The average Bonchev–Trinajstić information content (AvgIpc) is 3.46. The summed E-state index contributed by atoms with van der Waals surface area (Å²) in [5, 5.41) is 0. The van der Waals surface area contributed by atoms with Crippen molar-refractivity contribution in [2.45, 2.75) is 431 Å². The Labute approximate surface area is 501 Å². The van der Waals surface area contributed by atoms with Crippen LogP contribution < -0.4 is 0 Å². The Balaban J connectivity index is 4.07. The van der Waals surface area contributed by atoms with Crippen molar-refractivity contribution in [1.29, 1.82) is 0 Å². The minimum atomic E-state index is -0.769. The maximum absolute atomic E-state index is 12.9. The first kappa shape index (κ1) is 78.1. The Morgan fingerprint density at radius 1 is 0.237 bits per heavy atom. The molecule has 0 saturated carbocycles. The van der Waals surface area contributed by atoms with Crippen LogP contribution in [0.3, 0.4) is 0 Å². The number of hydrogen-bond acceptors (Lipinski definition) is 6. The molecular weight excluding hydrogens is 985 g/mol. The largest absolute Gasteiger partial charge is 0.462 e. The van der Waals surface area contributed by atoms with E-state index in [0.29, 0.717) is 19.3 Å². The molecule has 0 amide bonds. The average molecular weight is 1130 g/mol. The molecule has 0 rings (SSSR count). The minimum absolute atomic E-state index is 0.0658. The van der Waals surface area contributed by atoms with Crippen molar-refractivity contribution in [1.82, 2.24) is 0 Å². The molecule has 80 heavy (non-hydrogen) atoms. The lowest BCUT2D eigenvalue weighted by molar-refractivity contribution is -0.167. The van der Waals surface area contributed by atoms with E-state index in [-0.39, 0.29) is 31.1 Å². The maximum Gasteiger partial charge on any atom is 0.306 e. The number of unbranched alkanes of at least 4 members (excludes halogenated alkanes) is 56. The third-order valence-electron chi connectivity index (χ3n) is 17.0. The molecule has 0 spiro atoms. The molecule has 0 aliphatic rings. The standard InChI is InChI=1S/C74H142O6/c1-4-7-10-13-16-19-22-25-27-29-31-32-33-34-35-36-37-38-39-40-41-42-43-44-46-47-49-52-55-58-61-64-67-73(76)79-70-71(69-78-72(75)66-63-60-57-54-51-24-21-18-15-12-9-6-3)80-74(77)68-65-62-59-56-53-50-48-45-30-28-26-23-20-17-14-11-8-5-2/h18,21,71H,4-17,19-20,22-70H2,1-3H3/b21-18-. The molecule has 0 bridgehead atoms. The van der Waals surface area contributed by atoms with Crippen LogP contribution in [0.1, 0.15) is 425 Å². The second-order valence-corrected chi connectivity index (χ2v) is 25.2. The highest BCUT2D eigenvalue weighted by atomic mass is 16.6. The van der Waals surface area contributed by atoms with Gasteiger partial charge in [0.15, 0.2) is 6.10 Å². The highest BCUT2D eigenvalue weighted by molar-refractivity contribution is 5.71.